The lowest BCUT2D eigenvalue weighted by Gasteiger charge is -2.14. The van der Waals surface area contributed by atoms with Gasteiger partial charge in [0.1, 0.15) is 11.5 Å². The van der Waals surface area contributed by atoms with Gasteiger partial charge in [0.05, 0.1) is 16.6 Å². The fraction of sp³-hybridized carbons (Fsp3) is 0.192. The van der Waals surface area contributed by atoms with Crippen LogP contribution in [0.2, 0.25) is 0 Å². The first-order chi connectivity index (χ1) is 17.4. The smallest absolute Gasteiger partial charge is 0.276 e. The van der Waals surface area contributed by atoms with Gasteiger partial charge in [-0.2, -0.15) is 0 Å². The van der Waals surface area contributed by atoms with Crippen LogP contribution in [0.1, 0.15) is 28.4 Å². The fourth-order valence-electron chi connectivity index (χ4n) is 3.12. The van der Waals surface area contributed by atoms with E-state index in [0.29, 0.717) is 34.6 Å². The van der Waals surface area contributed by atoms with Crippen molar-refractivity contribution in [3.8, 4) is 11.5 Å². The summed E-state index contributed by atoms with van der Waals surface area (Å²) < 4.78 is 12.9. The minimum Gasteiger partial charge on any atom is -0.492 e. The van der Waals surface area contributed by atoms with Crippen LogP contribution in [0, 0.1) is 0 Å². The summed E-state index contributed by atoms with van der Waals surface area (Å²) in [5.74, 6) is 0.0265. The number of carbonyl (C=O) groups excluding carboxylic acids is 2. The molecule has 2 amide bonds. The van der Waals surface area contributed by atoms with E-state index in [4.69, 9.17) is 21.7 Å². The second kappa shape index (κ2) is 14.0. The number of ether oxygens (including phenoxy) is 2. The molecule has 3 aromatic rings. The summed E-state index contributed by atoms with van der Waals surface area (Å²) in [5, 5.41) is 2.47. The first-order valence-electron chi connectivity index (χ1n) is 11.1. The van der Waals surface area contributed by atoms with Gasteiger partial charge in [-0.15, -0.1) is 0 Å². The van der Waals surface area contributed by atoms with Crippen molar-refractivity contribution in [2.24, 2.45) is 0 Å². The van der Waals surface area contributed by atoms with E-state index in [1.807, 2.05) is 42.5 Å². The molecule has 7 nitrogen and oxygen atoms in total. The van der Waals surface area contributed by atoms with Crippen molar-refractivity contribution in [3.63, 3.8) is 0 Å². The molecule has 3 N–H and O–H groups in total. The van der Waals surface area contributed by atoms with E-state index < -0.39 is 11.8 Å². The van der Waals surface area contributed by atoms with Crippen LogP contribution in [0.3, 0.4) is 0 Å². The number of hydrazine groups is 1. The number of amides is 2. The average Bonchev–Trinajstić information content (AvgIpc) is 2.88. The molecule has 0 atom stereocenters. The molecule has 188 valence electrons. The Morgan fingerprint density at radius 3 is 2.36 bits per heavy atom. The molecular weight excluding hydrogens is 610 g/mol. The topological polar surface area (TPSA) is 88.7 Å². The summed E-state index contributed by atoms with van der Waals surface area (Å²) in [5.41, 5.74) is 7.50. The van der Waals surface area contributed by atoms with Gasteiger partial charge in [-0.3, -0.25) is 25.8 Å². The summed E-state index contributed by atoms with van der Waals surface area (Å²) in [7, 11) is 0. The van der Waals surface area contributed by atoms with Gasteiger partial charge in [0.2, 0.25) is 0 Å². The molecule has 0 fully saturated rings. The number of nitrogens with one attached hydrogen (secondary N) is 3. The zero-order valence-electron chi connectivity index (χ0n) is 19.5. The molecule has 0 aromatic heterocycles. The summed E-state index contributed by atoms with van der Waals surface area (Å²) in [6, 6.07) is 20.7. The van der Waals surface area contributed by atoms with Crippen molar-refractivity contribution in [1.82, 2.24) is 16.2 Å². The number of benzene rings is 3. The highest BCUT2D eigenvalue weighted by Gasteiger charge is 2.15. The van der Waals surface area contributed by atoms with E-state index in [0.717, 1.165) is 22.0 Å². The maximum atomic E-state index is 12.8. The number of carbonyl (C=O) groups is 2. The van der Waals surface area contributed by atoms with Crippen LogP contribution in [0.15, 0.2) is 75.7 Å². The van der Waals surface area contributed by atoms with E-state index in [2.05, 4.69) is 55.0 Å². The Bertz CT molecular complexity index is 1230. The van der Waals surface area contributed by atoms with Crippen LogP contribution in [0.5, 0.6) is 11.5 Å². The number of thiocarbonyl (C=S) groups is 1. The Morgan fingerprint density at radius 2 is 1.64 bits per heavy atom. The lowest BCUT2D eigenvalue weighted by molar-refractivity contribution is -0.123. The molecule has 3 rings (SSSR count). The fourth-order valence-corrected chi connectivity index (χ4v) is 4.16. The van der Waals surface area contributed by atoms with E-state index in [-0.39, 0.29) is 11.7 Å². The van der Waals surface area contributed by atoms with Gasteiger partial charge in [-0.05, 0) is 76.0 Å². The number of hydrogen-bond acceptors (Lipinski definition) is 5. The van der Waals surface area contributed by atoms with Crippen molar-refractivity contribution in [1.29, 1.82) is 0 Å². The minimum absolute atomic E-state index is 0.0722. The van der Waals surface area contributed by atoms with Crippen molar-refractivity contribution >= 4 is 61.0 Å². The molecule has 0 aliphatic heterocycles. The average molecular weight is 635 g/mol. The quantitative estimate of drug-likeness (QED) is 0.224. The van der Waals surface area contributed by atoms with Crippen LogP contribution in [-0.4, -0.2) is 30.1 Å². The summed E-state index contributed by atoms with van der Waals surface area (Å²) in [6.07, 6.45) is 1.60. The summed E-state index contributed by atoms with van der Waals surface area (Å²) in [6.45, 7) is 2.22. The third-order valence-electron chi connectivity index (χ3n) is 4.98. The lowest BCUT2D eigenvalue weighted by atomic mass is 10.1. The third-order valence-corrected chi connectivity index (χ3v) is 6.30. The molecule has 0 saturated carbocycles. The maximum Gasteiger partial charge on any atom is 0.276 e. The molecule has 0 spiro atoms. The van der Waals surface area contributed by atoms with Gasteiger partial charge in [0, 0.05) is 10.9 Å². The molecule has 3 aromatic carbocycles. The van der Waals surface area contributed by atoms with E-state index in [9.17, 15) is 9.59 Å². The molecule has 0 unspecified atom stereocenters. The highest BCUT2D eigenvalue weighted by molar-refractivity contribution is 9.10. The SMILES string of the molecule is CCc1ccc(OCC(=O)NNC(=S)NC(=O)c2cc(Br)ccc2OCCc2ccccc2)c(Br)c1. The minimum atomic E-state index is -0.478. The van der Waals surface area contributed by atoms with Crippen LogP contribution in [-0.2, 0) is 17.6 Å². The van der Waals surface area contributed by atoms with Gasteiger partial charge in [0.25, 0.3) is 11.8 Å². The van der Waals surface area contributed by atoms with E-state index >= 15 is 0 Å². The molecule has 0 aliphatic rings. The zero-order chi connectivity index (χ0) is 25.9. The Morgan fingerprint density at radius 1 is 0.889 bits per heavy atom. The van der Waals surface area contributed by atoms with E-state index in [1.54, 1.807) is 24.3 Å². The normalized spacial score (nSPS) is 10.3. The van der Waals surface area contributed by atoms with Crippen LogP contribution >= 0.6 is 44.1 Å². The number of rotatable bonds is 9. The van der Waals surface area contributed by atoms with Crippen LogP contribution < -0.4 is 25.6 Å². The third kappa shape index (κ3) is 8.61. The number of halogens is 2. The highest BCUT2D eigenvalue weighted by atomic mass is 79.9. The van der Waals surface area contributed by atoms with Crippen molar-refractivity contribution in [2.75, 3.05) is 13.2 Å². The van der Waals surface area contributed by atoms with Crippen molar-refractivity contribution < 1.29 is 19.1 Å². The van der Waals surface area contributed by atoms with Gasteiger partial charge in [0.15, 0.2) is 11.7 Å². The standard InChI is InChI=1S/C26H25Br2N3O4S/c1-2-17-8-10-23(21(28)14-17)35-16-24(32)30-31-26(36)29-25(33)20-15-19(27)9-11-22(20)34-13-12-18-6-4-3-5-7-18/h3-11,14-15H,2,12-13,16H2,1H3,(H,30,32)(H2,29,31,33,36). The molecular formula is C26H25Br2N3O4S. The molecule has 36 heavy (non-hydrogen) atoms. The van der Waals surface area contributed by atoms with Gasteiger partial charge in [-0.1, -0.05) is 59.3 Å². The highest BCUT2D eigenvalue weighted by Crippen LogP contribution is 2.26. The Hall–Kier alpha value is -2.95. The van der Waals surface area contributed by atoms with Gasteiger partial charge < -0.3 is 9.47 Å². The summed E-state index contributed by atoms with van der Waals surface area (Å²) >= 11 is 12.0. The van der Waals surface area contributed by atoms with Gasteiger partial charge >= 0.3 is 0 Å². The Kier molecular flexibility index (Phi) is 10.7. The van der Waals surface area contributed by atoms with Crippen LogP contribution in [0.25, 0.3) is 0 Å². The van der Waals surface area contributed by atoms with Crippen molar-refractivity contribution in [3.05, 3.63) is 92.4 Å². The predicted octanol–water partition coefficient (Wildman–Crippen LogP) is 5.11. The molecule has 0 bridgehead atoms. The monoisotopic (exact) mass is 633 g/mol. The Balaban J connectivity index is 1.48. The largest absolute Gasteiger partial charge is 0.492 e. The van der Waals surface area contributed by atoms with Gasteiger partial charge in [-0.25, -0.2) is 0 Å². The first kappa shape index (κ1) is 27.6. The molecule has 0 radical (unpaired) electrons. The molecule has 0 heterocycles. The summed E-state index contributed by atoms with van der Waals surface area (Å²) in [4.78, 5) is 25.0. The second-order valence-electron chi connectivity index (χ2n) is 7.59. The molecule has 10 heteroatoms. The van der Waals surface area contributed by atoms with Crippen LogP contribution in [0.4, 0.5) is 0 Å². The zero-order valence-corrected chi connectivity index (χ0v) is 23.5. The maximum absolute atomic E-state index is 12.8. The Labute approximate surface area is 232 Å². The lowest BCUT2D eigenvalue weighted by Crippen LogP contribution is -2.49. The number of aryl methyl sites for hydroxylation is 1. The second-order valence-corrected chi connectivity index (χ2v) is 9.77. The van der Waals surface area contributed by atoms with Crippen molar-refractivity contribution in [2.45, 2.75) is 19.8 Å². The number of hydrogen-bond donors (Lipinski definition) is 3. The molecule has 0 saturated heterocycles. The molecule has 0 aliphatic carbocycles. The van der Waals surface area contributed by atoms with E-state index in [1.165, 1.54) is 0 Å². The first-order valence-corrected chi connectivity index (χ1v) is 13.1. The predicted molar refractivity (Wildman–Crippen MR) is 150 cm³/mol.